The predicted octanol–water partition coefficient (Wildman–Crippen LogP) is 4.23. The predicted molar refractivity (Wildman–Crippen MR) is 67.5 cm³/mol. The molecule has 0 aliphatic heterocycles. The van der Waals surface area contributed by atoms with Crippen molar-refractivity contribution >= 4 is 11.3 Å². The molecule has 2 rings (SSSR count). The van der Waals surface area contributed by atoms with Crippen molar-refractivity contribution in [2.24, 2.45) is 0 Å². The van der Waals surface area contributed by atoms with Crippen LogP contribution in [0.4, 0.5) is 0 Å². The maximum absolute atomic E-state index is 2.30. The van der Waals surface area contributed by atoms with Crippen molar-refractivity contribution in [3.63, 3.8) is 0 Å². The molecule has 0 fully saturated rings. The average molecular weight is 216 g/mol. The molecule has 15 heavy (non-hydrogen) atoms. The number of hydrogen-bond acceptors (Lipinski definition) is 1. The van der Waals surface area contributed by atoms with Gasteiger partial charge in [0.1, 0.15) is 0 Å². The summed E-state index contributed by atoms with van der Waals surface area (Å²) in [5.74, 6) is 0. The van der Waals surface area contributed by atoms with Crippen LogP contribution in [0.2, 0.25) is 0 Å². The molecule has 0 aliphatic carbocycles. The summed E-state index contributed by atoms with van der Waals surface area (Å²) in [5.41, 5.74) is 2.94. The fraction of sp³-hybridized carbons (Fsp3) is 0.286. The number of hydrogen-bond donors (Lipinski definition) is 0. The minimum atomic E-state index is 1.19. The normalized spacial score (nSPS) is 10.5. The Morgan fingerprint density at radius 1 is 1.00 bits per heavy atom. The number of benzene rings is 1. The van der Waals surface area contributed by atoms with Gasteiger partial charge in [-0.15, -0.1) is 11.3 Å². The molecule has 0 saturated carbocycles. The zero-order valence-electron chi connectivity index (χ0n) is 9.07. The van der Waals surface area contributed by atoms with E-state index in [0.29, 0.717) is 0 Å². The Balaban J connectivity index is 1.80. The number of thiophene rings is 1. The smallest absolute Gasteiger partial charge is 0.00170 e. The lowest BCUT2D eigenvalue weighted by Crippen LogP contribution is -1.87. The zero-order valence-corrected chi connectivity index (χ0v) is 9.89. The van der Waals surface area contributed by atoms with Crippen LogP contribution in [-0.2, 0) is 12.8 Å². The largest absolute Gasteiger partial charge is 0.149 e. The summed E-state index contributed by atoms with van der Waals surface area (Å²) >= 11 is 1.85. The monoisotopic (exact) mass is 216 g/mol. The van der Waals surface area contributed by atoms with Crippen LogP contribution in [0.15, 0.2) is 41.8 Å². The van der Waals surface area contributed by atoms with Gasteiger partial charge in [0.2, 0.25) is 0 Å². The van der Waals surface area contributed by atoms with Gasteiger partial charge >= 0.3 is 0 Å². The van der Waals surface area contributed by atoms with E-state index in [1.165, 1.54) is 35.3 Å². The van der Waals surface area contributed by atoms with Crippen molar-refractivity contribution in [2.45, 2.75) is 26.2 Å². The Bertz CT molecular complexity index is 400. The van der Waals surface area contributed by atoms with Crippen molar-refractivity contribution in [1.29, 1.82) is 0 Å². The lowest BCUT2D eigenvalue weighted by atomic mass is 10.1. The van der Waals surface area contributed by atoms with Gasteiger partial charge in [0.05, 0.1) is 0 Å². The second kappa shape index (κ2) is 5.13. The third kappa shape index (κ3) is 3.21. The molecule has 1 aromatic heterocycles. The standard InChI is InChI=1S/C14H16S/c1-12-10-14(11-15-12)9-5-8-13-6-3-2-4-7-13/h2-4,6-7,10-11H,5,8-9H2,1H3. The number of rotatable bonds is 4. The highest BCUT2D eigenvalue weighted by Gasteiger charge is 1.97. The van der Waals surface area contributed by atoms with Crippen molar-refractivity contribution in [3.05, 3.63) is 57.8 Å². The van der Waals surface area contributed by atoms with Gasteiger partial charge in [0.25, 0.3) is 0 Å². The van der Waals surface area contributed by atoms with Crippen LogP contribution >= 0.6 is 11.3 Å². The lowest BCUT2D eigenvalue weighted by Gasteiger charge is -1.99. The van der Waals surface area contributed by atoms with Crippen molar-refractivity contribution in [1.82, 2.24) is 0 Å². The van der Waals surface area contributed by atoms with Crippen molar-refractivity contribution < 1.29 is 0 Å². The minimum absolute atomic E-state index is 1.19. The molecule has 1 heteroatoms. The Morgan fingerprint density at radius 3 is 2.40 bits per heavy atom. The quantitative estimate of drug-likeness (QED) is 0.717. The summed E-state index contributed by atoms with van der Waals surface area (Å²) < 4.78 is 0. The molecule has 0 atom stereocenters. The highest BCUT2D eigenvalue weighted by molar-refractivity contribution is 7.10. The van der Waals surface area contributed by atoms with Gasteiger partial charge in [0.15, 0.2) is 0 Å². The highest BCUT2D eigenvalue weighted by Crippen LogP contribution is 2.15. The molecule has 0 N–H and O–H groups in total. The van der Waals surface area contributed by atoms with Crippen LogP contribution in [0.5, 0.6) is 0 Å². The van der Waals surface area contributed by atoms with E-state index in [-0.39, 0.29) is 0 Å². The fourth-order valence-corrected chi connectivity index (χ4v) is 2.51. The Kier molecular flexibility index (Phi) is 3.57. The van der Waals surface area contributed by atoms with Gasteiger partial charge in [-0.3, -0.25) is 0 Å². The topological polar surface area (TPSA) is 0 Å². The van der Waals surface area contributed by atoms with Crippen LogP contribution in [0.25, 0.3) is 0 Å². The molecule has 1 heterocycles. The van der Waals surface area contributed by atoms with Crippen LogP contribution in [0.1, 0.15) is 22.4 Å². The summed E-state index contributed by atoms with van der Waals surface area (Å²) in [4.78, 5) is 1.42. The second-order valence-corrected chi connectivity index (χ2v) is 5.02. The van der Waals surface area contributed by atoms with Crippen LogP contribution < -0.4 is 0 Å². The van der Waals surface area contributed by atoms with Crippen molar-refractivity contribution in [3.8, 4) is 0 Å². The molecule has 2 aromatic rings. The van der Waals surface area contributed by atoms with E-state index in [2.05, 4.69) is 48.7 Å². The van der Waals surface area contributed by atoms with E-state index < -0.39 is 0 Å². The van der Waals surface area contributed by atoms with E-state index >= 15 is 0 Å². The third-order valence-corrected chi connectivity index (χ3v) is 3.47. The maximum Gasteiger partial charge on any atom is 0.00170 e. The molecule has 0 unspecified atom stereocenters. The molecular weight excluding hydrogens is 200 g/mol. The summed E-state index contributed by atoms with van der Waals surface area (Å²) in [6, 6.07) is 13.0. The summed E-state index contributed by atoms with van der Waals surface area (Å²) in [6.45, 7) is 2.17. The second-order valence-electron chi connectivity index (χ2n) is 3.90. The molecule has 0 aliphatic rings. The van der Waals surface area contributed by atoms with E-state index in [1.54, 1.807) is 0 Å². The van der Waals surface area contributed by atoms with Crippen LogP contribution in [-0.4, -0.2) is 0 Å². The first kappa shape index (κ1) is 10.4. The van der Waals surface area contributed by atoms with Crippen LogP contribution in [0, 0.1) is 6.92 Å². The van der Waals surface area contributed by atoms with E-state index in [9.17, 15) is 0 Å². The molecule has 0 radical (unpaired) electrons. The molecule has 0 bridgehead atoms. The maximum atomic E-state index is 2.30. The molecule has 0 amide bonds. The first-order chi connectivity index (χ1) is 7.34. The van der Waals surface area contributed by atoms with Gasteiger partial charge < -0.3 is 0 Å². The molecule has 78 valence electrons. The highest BCUT2D eigenvalue weighted by atomic mass is 32.1. The number of aryl methyl sites for hydroxylation is 3. The molecule has 1 aromatic carbocycles. The van der Waals surface area contributed by atoms with Gasteiger partial charge in [-0.2, -0.15) is 0 Å². The van der Waals surface area contributed by atoms with E-state index in [1.807, 2.05) is 11.3 Å². The average Bonchev–Trinajstić information content (AvgIpc) is 2.66. The molecule has 0 spiro atoms. The fourth-order valence-electron chi connectivity index (χ4n) is 1.77. The van der Waals surface area contributed by atoms with Crippen LogP contribution in [0.3, 0.4) is 0 Å². The molecular formula is C14H16S. The van der Waals surface area contributed by atoms with Gasteiger partial charge in [0, 0.05) is 4.88 Å². The van der Waals surface area contributed by atoms with Gasteiger partial charge in [-0.25, -0.2) is 0 Å². The first-order valence-electron chi connectivity index (χ1n) is 5.42. The van der Waals surface area contributed by atoms with Gasteiger partial charge in [-0.05, 0) is 48.8 Å². The Hall–Kier alpha value is -1.08. The molecule has 0 nitrogen and oxygen atoms in total. The van der Waals surface area contributed by atoms with E-state index in [4.69, 9.17) is 0 Å². The van der Waals surface area contributed by atoms with Gasteiger partial charge in [-0.1, -0.05) is 30.3 Å². The zero-order chi connectivity index (χ0) is 10.5. The summed E-state index contributed by atoms with van der Waals surface area (Å²) in [7, 11) is 0. The summed E-state index contributed by atoms with van der Waals surface area (Å²) in [5, 5.41) is 2.28. The third-order valence-electron chi connectivity index (χ3n) is 2.56. The Labute approximate surface area is 95.6 Å². The summed E-state index contributed by atoms with van der Waals surface area (Å²) in [6.07, 6.45) is 3.65. The SMILES string of the molecule is Cc1cc(CCCc2ccccc2)cs1. The van der Waals surface area contributed by atoms with Crippen molar-refractivity contribution in [2.75, 3.05) is 0 Å². The van der Waals surface area contributed by atoms with E-state index in [0.717, 1.165) is 0 Å². The Morgan fingerprint density at radius 2 is 1.73 bits per heavy atom. The molecule has 0 saturated heterocycles. The first-order valence-corrected chi connectivity index (χ1v) is 6.30. The lowest BCUT2D eigenvalue weighted by molar-refractivity contribution is 0.823. The minimum Gasteiger partial charge on any atom is -0.149 e.